The summed E-state index contributed by atoms with van der Waals surface area (Å²) < 4.78 is 149. The Balaban J connectivity index is 1.49. The van der Waals surface area contributed by atoms with Crippen LogP contribution < -0.4 is 11.0 Å². The van der Waals surface area contributed by atoms with Crippen molar-refractivity contribution in [2.45, 2.75) is 21.6 Å². The van der Waals surface area contributed by atoms with E-state index < -0.39 is 77.9 Å². The van der Waals surface area contributed by atoms with Crippen molar-refractivity contribution in [3.63, 3.8) is 0 Å². The first-order chi connectivity index (χ1) is 27.6. The SMILES string of the molecule is Cc1ccc2c3[n]4c(c2c1)=NC1=NC(=Nc2c5ccc(S(=O)(=O)O)cc5c([n]2[In]4[O]S(=O)(=O)O)N=C2N=C(N=3)c3cc(S(=O)(=O)O)ccc32)c2cc(S(=O)(=O)O)ccc21. The molecule has 0 radical (unpaired) electrons. The molecule has 2 aromatic heterocycles. The molecule has 0 atom stereocenters. The third kappa shape index (κ3) is 6.05. The molecule has 10 rings (SSSR count). The van der Waals surface area contributed by atoms with Gasteiger partial charge in [-0.1, -0.05) is 0 Å². The minimum atomic E-state index is -5.42. The number of amidine groups is 4. The van der Waals surface area contributed by atoms with Crippen molar-refractivity contribution in [2.75, 3.05) is 0 Å². The molecule has 4 aliphatic rings. The number of benzene rings is 4. The van der Waals surface area contributed by atoms with Gasteiger partial charge in [-0.05, 0) is 0 Å². The Morgan fingerprint density at radius 1 is 0.475 bits per heavy atom. The molecule has 4 aliphatic heterocycles. The molecular weight excluding hydrogens is 959 g/mol. The Morgan fingerprint density at radius 3 is 1.49 bits per heavy atom. The van der Waals surface area contributed by atoms with Gasteiger partial charge in [0.25, 0.3) is 0 Å². The monoisotopic (exact) mass is 978 g/mol. The molecule has 0 aliphatic carbocycles. The van der Waals surface area contributed by atoms with Crippen molar-refractivity contribution in [3.8, 4) is 0 Å². The van der Waals surface area contributed by atoms with Crippen LogP contribution in [0.2, 0.25) is 0 Å². The van der Waals surface area contributed by atoms with Gasteiger partial charge in [-0.3, -0.25) is 0 Å². The number of nitrogens with zero attached hydrogens (tertiary/aromatic N) is 8. The summed E-state index contributed by atoms with van der Waals surface area (Å²) in [6.45, 7) is 1.77. The van der Waals surface area contributed by atoms with Gasteiger partial charge in [-0.15, -0.1) is 0 Å². The van der Waals surface area contributed by atoms with Gasteiger partial charge in [0.2, 0.25) is 0 Å². The molecule has 59 heavy (non-hydrogen) atoms. The van der Waals surface area contributed by atoms with E-state index in [4.69, 9.17) is 22.3 Å². The Morgan fingerprint density at radius 2 is 0.932 bits per heavy atom. The Kier molecular flexibility index (Phi) is 7.96. The molecule has 0 fully saturated rings. The van der Waals surface area contributed by atoms with E-state index in [1.54, 1.807) is 25.1 Å². The molecule has 296 valence electrons. The van der Waals surface area contributed by atoms with Crippen LogP contribution in [0, 0.1) is 6.92 Å². The third-order valence-electron chi connectivity index (χ3n) is 9.80. The van der Waals surface area contributed by atoms with E-state index >= 15 is 0 Å². The van der Waals surface area contributed by atoms with Crippen LogP contribution in [0.25, 0.3) is 21.5 Å². The first kappa shape index (κ1) is 37.9. The first-order valence-corrected chi connectivity index (χ1v) is 26.6. The van der Waals surface area contributed by atoms with Crippen molar-refractivity contribution in [2.24, 2.45) is 30.0 Å². The number of hydrogen-bond donors (Lipinski definition) is 4. The molecule has 0 saturated carbocycles. The summed E-state index contributed by atoms with van der Waals surface area (Å²) in [6.07, 6.45) is 0. The normalized spacial score (nSPS) is 15.8. The quantitative estimate of drug-likeness (QED) is 0.179. The Hall–Kier alpha value is -5.29. The molecule has 0 unspecified atom stereocenters. The first-order valence-electron chi connectivity index (χ1n) is 16.6. The summed E-state index contributed by atoms with van der Waals surface area (Å²) in [5.74, 6) is -1.02. The zero-order chi connectivity index (χ0) is 41.7. The Bertz CT molecular complexity index is 3780. The van der Waals surface area contributed by atoms with Crippen molar-refractivity contribution in [3.05, 3.63) is 112 Å². The van der Waals surface area contributed by atoms with Gasteiger partial charge in [0.15, 0.2) is 0 Å². The molecule has 26 heteroatoms. The zero-order valence-electron chi connectivity index (χ0n) is 29.2. The summed E-state index contributed by atoms with van der Waals surface area (Å²) in [7, 11) is -19.8. The average molecular weight is 979 g/mol. The van der Waals surface area contributed by atoms with E-state index in [9.17, 15) is 51.9 Å². The van der Waals surface area contributed by atoms with Crippen LogP contribution in [0.1, 0.15) is 27.8 Å². The second-order valence-corrected chi connectivity index (χ2v) is 25.2. The van der Waals surface area contributed by atoms with Gasteiger partial charge in [-0.2, -0.15) is 0 Å². The molecular formula is C33H19InN8O13S4. The average Bonchev–Trinajstić information content (AvgIpc) is 3.84. The van der Waals surface area contributed by atoms with Gasteiger partial charge in [0.1, 0.15) is 0 Å². The summed E-state index contributed by atoms with van der Waals surface area (Å²) >= 11 is -5.42. The van der Waals surface area contributed by atoms with Crippen molar-refractivity contribution < 1.29 is 54.2 Å². The topological polar surface area (TPSA) is 311 Å². The number of hydrogen-bond acceptors (Lipinski definition) is 15. The Labute approximate surface area is 339 Å². The third-order valence-corrected chi connectivity index (χ3v) is 21.6. The predicted octanol–water partition coefficient (Wildman–Crippen LogP) is 1.79. The minimum absolute atomic E-state index is 0.0258. The van der Waals surface area contributed by atoms with Gasteiger partial charge < -0.3 is 0 Å². The van der Waals surface area contributed by atoms with Crippen LogP contribution in [0.4, 0.5) is 11.6 Å². The van der Waals surface area contributed by atoms with E-state index in [1.165, 1.54) is 23.3 Å². The second-order valence-electron chi connectivity index (χ2n) is 13.4. The van der Waals surface area contributed by atoms with Crippen LogP contribution >= 0.6 is 0 Å². The molecule has 0 spiro atoms. The van der Waals surface area contributed by atoms with E-state index in [0.717, 1.165) is 36.4 Å². The number of aromatic nitrogens is 2. The van der Waals surface area contributed by atoms with Crippen LogP contribution in [-0.2, 0) is 43.1 Å². The predicted molar refractivity (Wildman–Crippen MR) is 208 cm³/mol. The summed E-state index contributed by atoms with van der Waals surface area (Å²) in [5, 5.41) is 0.652. The maximum atomic E-state index is 13.0. The van der Waals surface area contributed by atoms with Crippen molar-refractivity contribution in [1.29, 1.82) is 0 Å². The maximum absolute atomic E-state index is 13.0. The number of aryl methyl sites for hydroxylation is 1. The fraction of sp³-hybridized carbons (Fsp3) is 0.0303. The van der Waals surface area contributed by atoms with E-state index in [1.807, 2.05) is 0 Å². The fourth-order valence-corrected chi connectivity index (χ4v) is 17.9. The summed E-state index contributed by atoms with van der Waals surface area (Å²) in [5.41, 5.74) is 1.14. The molecule has 6 heterocycles. The second kappa shape index (κ2) is 12.4. The molecule has 0 saturated heterocycles. The number of fused-ring (bicyclic) bond motifs is 14. The van der Waals surface area contributed by atoms with Crippen molar-refractivity contribution in [1.82, 2.24) is 5.11 Å². The van der Waals surface area contributed by atoms with Crippen molar-refractivity contribution >= 4 is 120 Å². The van der Waals surface area contributed by atoms with Gasteiger partial charge in [-0.25, -0.2) is 0 Å². The number of aliphatic imine (C=N–C) groups is 4. The molecule has 4 aromatic carbocycles. The molecule has 6 aromatic rings. The standard InChI is InChI=1S/C33H18N8O9S3.In.H2O4S/c1-14-2-6-18-22(10-14)30-34-26(18)36-31-24-12-16(52(45,46)47)4-8-20(24)28(38-31)40-33-25-13-17(53(48,49)50)5-9-21(25)29(41-33)39-32-23-11-15(51(42,43)44)3-7-19(23)27(35-30)37-32;;1-5(2,3)4/h2-13H,1H3,(H3-2,34,35,36,37,38,39,40,41,42,43,44,45,46,47,48,49,50);;(H2,1,2,3,4)/q-2;+3;/p-1. The van der Waals surface area contributed by atoms with Crippen LogP contribution in [0.15, 0.2) is 117 Å². The summed E-state index contributed by atoms with van der Waals surface area (Å²) in [4.78, 5) is 26.9. The molecule has 6 bridgehead atoms. The van der Waals surface area contributed by atoms with Crippen LogP contribution in [-0.4, -0.2) is 103 Å². The van der Waals surface area contributed by atoms with Crippen LogP contribution in [0.5, 0.6) is 0 Å². The number of rotatable bonds is 5. The van der Waals surface area contributed by atoms with Crippen LogP contribution in [0.3, 0.4) is 0 Å². The zero-order valence-corrected chi connectivity index (χ0v) is 35.7. The van der Waals surface area contributed by atoms with Gasteiger partial charge in [0, 0.05) is 0 Å². The van der Waals surface area contributed by atoms with E-state index in [-0.39, 0.29) is 79.0 Å². The van der Waals surface area contributed by atoms with Gasteiger partial charge >= 0.3 is 342 Å². The molecule has 21 nitrogen and oxygen atoms in total. The van der Waals surface area contributed by atoms with E-state index in [2.05, 4.69) is 9.98 Å². The van der Waals surface area contributed by atoms with E-state index in [0.29, 0.717) is 16.3 Å². The summed E-state index contributed by atoms with van der Waals surface area (Å²) in [6, 6.07) is 15.5. The molecule has 0 amide bonds. The molecule has 4 N–H and O–H groups in total. The fourth-order valence-electron chi connectivity index (χ4n) is 7.32. The van der Waals surface area contributed by atoms with Gasteiger partial charge in [0.05, 0.1) is 0 Å².